The molecule has 2 nitrogen and oxygen atoms in total. The van der Waals surface area contributed by atoms with Crippen LogP contribution in [0, 0.1) is 28.1 Å². The second-order valence-corrected chi connectivity index (χ2v) is 8.95. The molecule has 0 aromatic rings. The zero-order chi connectivity index (χ0) is 15.8. The zero-order valence-electron chi connectivity index (χ0n) is 14.0. The Balaban J connectivity index is 1.80. The third kappa shape index (κ3) is 1.59. The van der Waals surface area contributed by atoms with Crippen LogP contribution in [0.1, 0.15) is 65.2 Å². The summed E-state index contributed by atoms with van der Waals surface area (Å²) in [7, 11) is 0. The van der Waals surface area contributed by atoms with E-state index in [1.165, 1.54) is 24.8 Å². The van der Waals surface area contributed by atoms with Gasteiger partial charge in [0, 0.05) is 0 Å². The molecule has 3 fully saturated rings. The summed E-state index contributed by atoms with van der Waals surface area (Å²) < 4.78 is 0. The lowest BCUT2D eigenvalue weighted by molar-refractivity contribution is -0.161. The molecule has 3 saturated carbocycles. The van der Waals surface area contributed by atoms with Gasteiger partial charge in [0.1, 0.15) is 0 Å². The number of aliphatic carboxylic acids is 1. The van der Waals surface area contributed by atoms with Gasteiger partial charge in [0.15, 0.2) is 0 Å². The van der Waals surface area contributed by atoms with Crippen molar-refractivity contribution in [2.45, 2.75) is 65.2 Å². The SMILES string of the molecule is C=C1C[C@@]23CC[C@@H]4[C@](C)(C(=O)O)CCC[C@@]4(C)C2=CC[C@H]1C3. The van der Waals surface area contributed by atoms with Crippen LogP contribution in [0.5, 0.6) is 0 Å². The summed E-state index contributed by atoms with van der Waals surface area (Å²) in [5, 5.41) is 9.89. The molecule has 0 saturated heterocycles. The molecule has 1 N–H and O–H groups in total. The fourth-order valence-corrected chi connectivity index (χ4v) is 6.87. The molecule has 0 amide bonds. The number of allylic oxidation sites excluding steroid dienone is 3. The third-order valence-electron chi connectivity index (χ3n) is 7.90. The Bertz CT molecular complexity index is 589. The van der Waals surface area contributed by atoms with Gasteiger partial charge in [0.25, 0.3) is 0 Å². The maximum absolute atomic E-state index is 12.0. The standard InChI is InChI=1S/C20H28O2/c1-13-11-20-10-7-15-18(2,16(20)6-5-14(13)12-20)8-4-9-19(15,3)17(21)22/h6,14-15H,1,4-5,7-12H2,2-3H3,(H,21,22)/t14-,15-,18+,19+,20+/m0/s1. The topological polar surface area (TPSA) is 37.3 Å². The molecule has 0 unspecified atom stereocenters. The van der Waals surface area contributed by atoms with Crippen LogP contribution in [0.4, 0.5) is 0 Å². The van der Waals surface area contributed by atoms with E-state index in [0.29, 0.717) is 17.3 Å². The van der Waals surface area contributed by atoms with Gasteiger partial charge in [-0.3, -0.25) is 4.79 Å². The van der Waals surface area contributed by atoms with E-state index in [9.17, 15) is 9.90 Å². The van der Waals surface area contributed by atoms with E-state index < -0.39 is 11.4 Å². The van der Waals surface area contributed by atoms with Gasteiger partial charge in [-0.15, -0.1) is 0 Å². The molecule has 4 aliphatic carbocycles. The monoisotopic (exact) mass is 300 g/mol. The smallest absolute Gasteiger partial charge is 0.309 e. The van der Waals surface area contributed by atoms with Crippen LogP contribution in [0.15, 0.2) is 23.8 Å². The van der Waals surface area contributed by atoms with E-state index >= 15 is 0 Å². The zero-order valence-corrected chi connectivity index (χ0v) is 14.0. The van der Waals surface area contributed by atoms with E-state index in [2.05, 4.69) is 19.6 Å². The Hall–Kier alpha value is -1.05. The van der Waals surface area contributed by atoms with Gasteiger partial charge in [0.05, 0.1) is 5.41 Å². The minimum atomic E-state index is -0.579. The molecule has 22 heavy (non-hydrogen) atoms. The van der Waals surface area contributed by atoms with Crippen molar-refractivity contribution in [1.29, 1.82) is 0 Å². The minimum Gasteiger partial charge on any atom is -0.481 e. The highest BCUT2D eigenvalue weighted by Crippen LogP contribution is 2.70. The highest BCUT2D eigenvalue weighted by atomic mass is 16.4. The van der Waals surface area contributed by atoms with E-state index in [-0.39, 0.29) is 5.41 Å². The molecular weight excluding hydrogens is 272 g/mol. The number of carboxylic acid groups (broad SMARTS) is 1. The Morgan fingerprint density at radius 1 is 1.32 bits per heavy atom. The Morgan fingerprint density at radius 2 is 2.09 bits per heavy atom. The molecule has 120 valence electrons. The first-order chi connectivity index (χ1) is 10.3. The largest absolute Gasteiger partial charge is 0.481 e. The maximum atomic E-state index is 12.0. The first-order valence-electron chi connectivity index (χ1n) is 8.94. The summed E-state index contributed by atoms with van der Waals surface area (Å²) in [6.45, 7) is 8.73. The van der Waals surface area contributed by atoms with Gasteiger partial charge in [-0.1, -0.05) is 37.1 Å². The van der Waals surface area contributed by atoms with E-state index in [1.807, 2.05) is 6.92 Å². The highest BCUT2D eigenvalue weighted by Gasteiger charge is 2.62. The molecule has 0 aromatic heterocycles. The van der Waals surface area contributed by atoms with Crippen LogP contribution in [0.25, 0.3) is 0 Å². The van der Waals surface area contributed by atoms with E-state index in [1.54, 1.807) is 5.57 Å². The molecule has 1 spiro atoms. The number of fused-ring (bicyclic) bond motifs is 3. The van der Waals surface area contributed by atoms with Crippen LogP contribution in [0.2, 0.25) is 0 Å². The van der Waals surface area contributed by atoms with Gasteiger partial charge in [-0.05, 0) is 74.5 Å². The molecular formula is C20H28O2. The summed E-state index contributed by atoms with van der Waals surface area (Å²) in [5.74, 6) is 0.413. The van der Waals surface area contributed by atoms with Crippen LogP contribution in [-0.2, 0) is 4.79 Å². The quantitative estimate of drug-likeness (QED) is 0.695. The Morgan fingerprint density at radius 3 is 2.82 bits per heavy atom. The summed E-state index contributed by atoms with van der Waals surface area (Å²) in [6, 6.07) is 0. The van der Waals surface area contributed by atoms with Crippen LogP contribution < -0.4 is 0 Å². The van der Waals surface area contributed by atoms with Gasteiger partial charge < -0.3 is 5.11 Å². The first-order valence-corrected chi connectivity index (χ1v) is 8.94. The van der Waals surface area contributed by atoms with E-state index in [4.69, 9.17) is 0 Å². The molecule has 0 radical (unpaired) electrons. The Labute approximate surface area is 133 Å². The molecule has 2 heteroatoms. The van der Waals surface area contributed by atoms with Crippen LogP contribution in [0.3, 0.4) is 0 Å². The summed E-state index contributed by atoms with van der Waals surface area (Å²) in [5.41, 5.74) is 2.96. The molecule has 0 aromatic carbocycles. The number of rotatable bonds is 1. The van der Waals surface area contributed by atoms with Crippen molar-refractivity contribution >= 4 is 5.97 Å². The molecule has 5 atom stereocenters. The second-order valence-electron chi connectivity index (χ2n) is 8.95. The van der Waals surface area contributed by atoms with E-state index in [0.717, 1.165) is 32.1 Å². The molecule has 4 rings (SSSR count). The Kier molecular flexibility index (Phi) is 2.82. The molecule has 0 aliphatic heterocycles. The van der Waals surface area contributed by atoms with Crippen molar-refractivity contribution in [3.63, 3.8) is 0 Å². The molecule has 4 aliphatic rings. The summed E-state index contributed by atoms with van der Waals surface area (Å²) in [4.78, 5) is 12.0. The van der Waals surface area contributed by atoms with Crippen molar-refractivity contribution in [3.05, 3.63) is 23.8 Å². The number of carbonyl (C=O) groups is 1. The lowest BCUT2D eigenvalue weighted by Gasteiger charge is -2.60. The number of hydrogen-bond donors (Lipinski definition) is 1. The fraction of sp³-hybridized carbons (Fsp3) is 0.750. The summed E-state index contributed by atoms with van der Waals surface area (Å²) in [6.07, 6.45) is 11.4. The van der Waals surface area contributed by atoms with Crippen molar-refractivity contribution in [3.8, 4) is 0 Å². The van der Waals surface area contributed by atoms with Crippen molar-refractivity contribution in [2.24, 2.45) is 28.1 Å². The highest BCUT2D eigenvalue weighted by molar-refractivity contribution is 5.75. The van der Waals surface area contributed by atoms with Crippen LogP contribution in [-0.4, -0.2) is 11.1 Å². The number of hydrogen-bond acceptors (Lipinski definition) is 1. The van der Waals surface area contributed by atoms with Crippen molar-refractivity contribution < 1.29 is 9.90 Å². The van der Waals surface area contributed by atoms with Gasteiger partial charge >= 0.3 is 5.97 Å². The average molecular weight is 300 g/mol. The fourth-order valence-electron chi connectivity index (χ4n) is 6.87. The van der Waals surface area contributed by atoms with Gasteiger partial charge in [-0.2, -0.15) is 0 Å². The predicted octanol–water partition coefficient (Wildman–Crippen LogP) is 4.96. The lowest BCUT2D eigenvalue weighted by atomic mass is 9.44. The third-order valence-corrected chi connectivity index (χ3v) is 7.90. The van der Waals surface area contributed by atoms with Crippen LogP contribution >= 0.6 is 0 Å². The van der Waals surface area contributed by atoms with Gasteiger partial charge in [-0.25, -0.2) is 0 Å². The minimum absolute atomic E-state index is 0.0965. The predicted molar refractivity (Wildman–Crippen MR) is 87.4 cm³/mol. The van der Waals surface area contributed by atoms with Crippen molar-refractivity contribution in [1.82, 2.24) is 0 Å². The molecule has 0 heterocycles. The average Bonchev–Trinajstić information content (AvgIpc) is 2.68. The molecule has 2 bridgehead atoms. The lowest BCUT2D eigenvalue weighted by Crippen LogP contribution is -2.54. The normalized spacial score (nSPS) is 50.1. The first kappa shape index (κ1) is 14.5. The van der Waals surface area contributed by atoms with Gasteiger partial charge in [0.2, 0.25) is 0 Å². The summed E-state index contributed by atoms with van der Waals surface area (Å²) >= 11 is 0. The number of carboxylic acids is 1. The second kappa shape index (κ2) is 4.27. The maximum Gasteiger partial charge on any atom is 0.309 e. The van der Waals surface area contributed by atoms with Crippen molar-refractivity contribution in [2.75, 3.05) is 0 Å².